The largest absolute Gasteiger partial charge is 0.323 e. The van der Waals surface area contributed by atoms with Crippen molar-refractivity contribution in [1.82, 2.24) is 0 Å². The number of urea groups is 1. The maximum Gasteiger partial charge on any atom is 0.323 e. The molecule has 0 saturated carbocycles. The van der Waals surface area contributed by atoms with Crippen LogP contribution >= 0.6 is 0 Å². The molecule has 0 unspecified atom stereocenters. The van der Waals surface area contributed by atoms with Gasteiger partial charge < -0.3 is 15.5 Å². The monoisotopic (exact) mass is 323 g/mol. The molecule has 124 valence electrons. The van der Waals surface area contributed by atoms with E-state index in [9.17, 15) is 9.59 Å². The average Bonchev–Trinajstić information content (AvgIpc) is 2.98. The molecule has 2 aromatic rings. The number of carbonyl (C=O) groups is 2. The summed E-state index contributed by atoms with van der Waals surface area (Å²) in [5.74, 6) is 0.156. The molecule has 24 heavy (non-hydrogen) atoms. The third-order valence-corrected chi connectivity index (χ3v) is 4.28. The number of benzene rings is 2. The predicted octanol–water partition coefficient (Wildman–Crippen LogP) is 4.07. The van der Waals surface area contributed by atoms with Crippen LogP contribution in [0.25, 0.3) is 0 Å². The number of rotatable bonds is 3. The standard InChI is InChI=1S/C19H21N3O2/c1-13-5-6-16(12-14(13)2)21-19(24)20-15-7-9-17(10-8-15)22-11-3-4-18(22)23/h5-10,12H,3-4,11H2,1-2H3,(H2,20,21,24). The maximum atomic E-state index is 12.1. The fourth-order valence-electron chi connectivity index (χ4n) is 2.76. The first-order valence-corrected chi connectivity index (χ1v) is 8.08. The molecule has 1 fully saturated rings. The van der Waals surface area contributed by atoms with E-state index in [1.807, 2.05) is 44.2 Å². The van der Waals surface area contributed by atoms with E-state index >= 15 is 0 Å². The Kier molecular flexibility index (Phi) is 4.51. The van der Waals surface area contributed by atoms with Crippen LogP contribution in [0.4, 0.5) is 21.9 Å². The van der Waals surface area contributed by atoms with Crippen molar-refractivity contribution in [3.05, 3.63) is 53.6 Å². The highest BCUT2D eigenvalue weighted by Crippen LogP contribution is 2.23. The second-order valence-electron chi connectivity index (χ2n) is 6.07. The van der Waals surface area contributed by atoms with Crippen molar-refractivity contribution in [3.8, 4) is 0 Å². The molecule has 3 rings (SSSR count). The second kappa shape index (κ2) is 6.74. The van der Waals surface area contributed by atoms with Crippen LogP contribution in [0, 0.1) is 13.8 Å². The molecule has 0 spiro atoms. The lowest BCUT2D eigenvalue weighted by molar-refractivity contribution is -0.117. The zero-order valence-corrected chi connectivity index (χ0v) is 13.9. The van der Waals surface area contributed by atoms with Gasteiger partial charge in [0.2, 0.25) is 5.91 Å². The van der Waals surface area contributed by atoms with E-state index in [-0.39, 0.29) is 11.9 Å². The van der Waals surface area contributed by atoms with E-state index in [1.54, 1.807) is 17.0 Å². The van der Waals surface area contributed by atoms with Crippen LogP contribution in [-0.2, 0) is 4.79 Å². The Morgan fingerprint density at radius 3 is 2.25 bits per heavy atom. The summed E-state index contributed by atoms with van der Waals surface area (Å²) in [6.45, 7) is 4.81. The number of hydrogen-bond acceptors (Lipinski definition) is 2. The quantitative estimate of drug-likeness (QED) is 0.894. The van der Waals surface area contributed by atoms with E-state index in [0.29, 0.717) is 12.1 Å². The van der Waals surface area contributed by atoms with Gasteiger partial charge in [-0.15, -0.1) is 0 Å². The van der Waals surface area contributed by atoms with Gasteiger partial charge in [-0.2, -0.15) is 0 Å². The Morgan fingerprint density at radius 1 is 0.958 bits per heavy atom. The average molecular weight is 323 g/mol. The summed E-state index contributed by atoms with van der Waals surface area (Å²) >= 11 is 0. The maximum absolute atomic E-state index is 12.1. The molecular formula is C19H21N3O2. The Hall–Kier alpha value is -2.82. The van der Waals surface area contributed by atoms with Gasteiger partial charge >= 0.3 is 6.03 Å². The summed E-state index contributed by atoms with van der Waals surface area (Å²) in [6.07, 6.45) is 1.51. The summed E-state index contributed by atoms with van der Waals surface area (Å²) in [7, 11) is 0. The van der Waals surface area contributed by atoms with E-state index in [2.05, 4.69) is 10.6 Å². The third kappa shape index (κ3) is 3.56. The zero-order chi connectivity index (χ0) is 17.1. The van der Waals surface area contributed by atoms with Crippen molar-refractivity contribution >= 4 is 29.0 Å². The Morgan fingerprint density at radius 2 is 1.62 bits per heavy atom. The van der Waals surface area contributed by atoms with Gasteiger partial charge in [0.25, 0.3) is 0 Å². The number of hydrogen-bond donors (Lipinski definition) is 2. The number of nitrogens with zero attached hydrogens (tertiary/aromatic N) is 1. The van der Waals surface area contributed by atoms with Gasteiger partial charge in [-0.05, 0) is 67.8 Å². The van der Waals surface area contributed by atoms with Crippen LogP contribution in [0.15, 0.2) is 42.5 Å². The predicted molar refractivity (Wildman–Crippen MR) is 96.6 cm³/mol. The molecule has 0 aliphatic carbocycles. The number of aryl methyl sites for hydroxylation is 2. The van der Waals surface area contributed by atoms with E-state index in [1.165, 1.54) is 5.56 Å². The highest BCUT2D eigenvalue weighted by atomic mass is 16.2. The van der Waals surface area contributed by atoms with Gasteiger partial charge in [0, 0.05) is 30.0 Å². The highest BCUT2D eigenvalue weighted by Gasteiger charge is 2.21. The highest BCUT2D eigenvalue weighted by molar-refractivity contribution is 6.00. The molecule has 1 saturated heterocycles. The Balaban J connectivity index is 1.62. The van der Waals surface area contributed by atoms with Crippen LogP contribution < -0.4 is 15.5 Å². The lowest BCUT2D eigenvalue weighted by Crippen LogP contribution is -2.23. The molecule has 0 radical (unpaired) electrons. The van der Waals surface area contributed by atoms with Crippen molar-refractivity contribution in [2.24, 2.45) is 0 Å². The van der Waals surface area contributed by atoms with Crippen molar-refractivity contribution in [2.75, 3.05) is 22.1 Å². The van der Waals surface area contributed by atoms with Gasteiger partial charge in [0.05, 0.1) is 0 Å². The van der Waals surface area contributed by atoms with E-state index in [0.717, 1.165) is 29.9 Å². The molecule has 0 aromatic heterocycles. The molecule has 5 heteroatoms. The molecule has 1 aliphatic heterocycles. The van der Waals surface area contributed by atoms with Gasteiger partial charge in [0.15, 0.2) is 0 Å². The van der Waals surface area contributed by atoms with Gasteiger partial charge in [-0.25, -0.2) is 4.79 Å². The van der Waals surface area contributed by atoms with E-state index in [4.69, 9.17) is 0 Å². The smallest absolute Gasteiger partial charge is 0.312 e. The van der Waals surface area contributed by atoms with Crippen LogP contribution in [0.1, 0.15) is 24.0 Å². The number of nitrogens with one attached hydrogen (secondary N) is 2. The fourth-order valence-corrected chi connectivity index (χ4v) is 2.76. The summed E-state index contributed by atoms with van der Waals surface area (Å²) in [6, 6.07) is 12.8. The van der Waals surface area contributed by atoms with Crippen molar-refractivity contribution < 1.29 is 9.59 Å². The summed E-state index contributed by atoms with van der Waals surface area (Å²) < 4.78 is 0. The number of amides is 3. The number of anilines is 3. The molecule has 1 heterocycles. The molecule has 2 aromatic carbocycles. The van der Waals surface area contributed by atoms with Crippen LogP contribution in [0.5, 0.6) is 0 Å². The lowest BCUT2D eigenvalue weighted by Gasteiger charge is -2.16. The Bertz CT molecular complexity index is 769. The molecule has 5 nitrogen and oxygen atoms in total. The summed E-state index contributed by atoms with van der Waals surface area (Å²) in [4.78, 5) is 25.6. The van der Waals surface area contributed by atoms with Gasteiger partial charge in [-0.3, -0.25) is 4.79 Å². The normalized spacial score (nSPS) is 13.9. The molecule has 1 aliphatic rings. The zero-order valence-electron chi connectivity index (χ0n) is 13.9. The minimum absolute atomic E-state index is 0.156. The molecule has 2 N–H and O–H groups in total. The molecular weight excluding hydrogens is 302 g/mol. The first-order chi connectivity index (χ1) is 11.5. The minimum Gasteiger partial charge on any atom is -0.312 e. The third-order valence-electron chi connectivity index (χ3n) is 4.28. The first kappa shape index (κ1) is 16.1. The topological polar surface area (TPSA) is 61.4 Å². The number of carbonyl (C=O) groups excluding carboxylic acids is 2. The minimum atomic E-state index is -0.289. The van der Waals surface area contributed by atoms with Crippen LogP contribution in [-0.4, -0.2) is 18.5 Å². The second-order valence-corrected chi connectivity index (χ2v) is 6.07. The first-order valence-electron chi connectivity index (χ1n) is 8.08. The molecule has 0 bridgehead atoms. The van der Waals surface area contributed by atoms with Gasteiger partial charge in [-0.1, -0.05) is 6.07 Å². The van der Waals surface area contributed by atoms with Crippen molar-refractivity contribution in [2.45, 2.75) is 26.7 Å². The summed E-state index contributed by atoms with van der Waals surface area (Å²) in [5.41, 5.74) is 4.64. The Labute approximate surface area is 141 Å². The van der Waals surface area contributed by atoms with Crippen LogP contribution in [0.2, 0.25) is 0 Å². The summed E-state index contributed by atoms with van der Waals surface area (Å²) in [5, 5.41) is 5.62. The lowest BCUT2D eigenvalue weighted by atomic mass is 10.1. The van der Waals surface area contributed by atoms with Gasteiger partial charge in [0.1, 0.15) is 0 Å². The van der Waals surface area contributed by atoms with Crippen LogP contribution in [0.3, 0.4) is 0 Å². The van der Waals surface area contributed by atoms with Crippen molar-refractivity contribution in [3.63, 3.8) is 0 Å². The fraction of sp³-hybridized carbons (Fsp3) is 0.263. The molecule has 0 atom stereocenters. The SMILES string of the molecule is Cc1ccc(NC(=O)Nc2ccc(N3CCCC3=O)cc2)cc1C. The molecule has 3 amide bonds. The van der Waals surface area contributed by atoms with Crippen molar-refractivity contribution in [1.29, 1.82) is 0 Å². The van der Waals surface area contributed by atoms with E-state index < -0.39 is 0 Å².